The van der Waals surface area contributed by atoms with Gasteiger partial charge >= 0.3 is 0 Å². The minimum Gasteiger partial charge on any atom is -0.276 e. The Kier molecular flexibility index (Phi) is 2.83. The summed E-state index contributed by atoms with van der Waals surface area (Å²) in [4.78, 5) is 15.5. The lowest BCUT2D eigenvalue weighted by Gasteiger charge is -2.03. The first-order valence-electron chi connectivity index (χ1n) is 4.52. The molecule has 0 radical (unpaired) electrons. The van der Waals surface area contributed by atoms with Crippen molar-refractivity contribution in [3.8, 4) is 0 Å². The Morgan fingerprint density at radius 3 is 2.87 bits per heavy atom. The van der Waals surface area contributed by atoms with Gasteiger partial charge in [-0.3, -0.25) is 9.36 Å². The first-order chi connectivity index (χ1) is 7.27. The van der Waals surface area contributed by atoms with Crippen LogP contribution in [0.3, 0.4) is 0 Å². The molecular formula is C11H9ClN2O. The number of rotatable bonds is 2. The first kappa shape index (κ1) is 9.93. The van der Waals surface area contributed by atoms with Crippen molar-refractivity contribution in [2.75, 3.05) is 0 Å². The van der Waals surface area contributed by atoms with Crippen molar-refractivity contribution < 1.29 is 4.79 Å². The molecule has 0 aliphatic rings. The zero-order valence-corrected chi connectivity index (χ0v) is 8.69. The van der Waals surface area contributed by atoms with Crippen LogP contribution in [-0.4, -0.2) is 15.5 Å². The lowest BCUT2D eigenvalue weighted by atomic mass is 10.1. The van der Waals surface area contributed by atoms with Crippen LogP contribution in [0.25, 0.3) is 0 Å². The van der Waals surface area contributed by atoms with Crippen molar-refractivity contribution in [3.63, 3.8) is 0 Å². The molecule has 0 aliphatic carbocycles. The van der Waals surface area contributed by atoms with E-state index >= 15 is 0 Å². The van der Waals surface area contributed by atoms with Gasteiger partial charge < -0.3 is 0 Å². The van der Waals surface area contributed by atoms with Crippen LogP contribution < -0.4 is 0 Å². The first-order valence-corrected chi connectivity index (χ1v) is 4.90. The molecule has 0 saturated carbocycles. The van der Waals surface area contributed by atoms with Gasteiger partial charge in [0.25, 0.3) is 0 Å². The largest absolute Gasteiger partial charge is 0.276 e. The van der Waals surface area contributed by atoms with Crippen LogP contribution in [0.1, 0.15) is 10.4 Å². The number of benzene rings is 1. The van der Waals surface area contributed by atoms with Crippen molar-refractivity contribution in [3.05, 3.63) is 53.6 Å². The van der Waals surface area contributed by atoms with E-state index in [4.69, 9.17) is 11.6 Å². The Morgan fingerprint density at radius 2 is 2.20 bits per heavy atom. The molecule has 1 aromatic heterocycles. The van der Waals surface area contributed by atoms with E-state index in [0.717, 1.165) is 5.56 Å². The number of halogens is 1. The highest BCUT2D eigenvalue weighted by atomic mass is 35.5. The van der Waals surface area contributed by atoms with Gasteiger partial charge in [-0.1, -0.05) is 29.8 Å². The molecule has 15 heavy (non-hydrogen) atoms. The summed E-state index contributed by atoms with van der Waals surface area (Å²) in [6, 6.07) is 7.32. The van der Waals surface area contributed by atoms with Gasteiger partial charge in [-0.05, 0) is 11.6 Å². The topological polar surface area (TPSA) is 34.9 Å². The predicted octanol–water partition coefficient (Wildman–Crippen LogP) is 2.42. The van der Waals surface area contributed by atoms with E-state index in [1.165, 1.54) is 10.9 Å². The monoisotopic (exact) mass is 220 g/mol. The van der Waals surface area contributed by atoms with E-state index in [0.29, 0.717) is 5.02 Å². The van der Waals surface area contributed by atoms with Gasteiger partial charge in [-0.2, -0.15) is 0 Å². The van der Waals surface area contributed by atoms with E-state index < -0.39 is 0 Å². The highest BCUT2D eigenvalue weighted by molar-refractivity contribution is 6.31. The Balaban J connectivity index is 2.17. The van der Waals surface area contributed by atoms with Gasteiger partial charge in [0.05, 0.1) is 6.42 Å². The van der Waals surface area contributed by atoms with Crippen LogP contribution in [0, 0.1) is 0 Å². The maximum absolute atomic E-state index is 11.7. The zero-order valence-electron chi connectivity index (χ0n) is 7.93. The molecule has 76 valence electrons. The van der Waals surface area contributed by atoms with Crippen LogP contribution >= 0.6 is 11.6 Å². The molecule has 4 heteroatoms. The summed E-state index contributed by atoms with van der Waals surface area (Å²) in [5.41, 5.74) is 0.831. The maximum atomic E-state index is 11.7. The standard InChI is InChI=1S/C11H9ClN2O/c12-10-4-2-1-3-9(10)7-11(15)14-6-5-13-8-14/h1-6,8H,7H2. The molecule has 0 fully saturated rings. The van der Waals surface area contributed by atoms with Crippen molar-refractivity contribution in [1.29, 1.82) is 0 Å². The second-order valence-electron chi connectivity index (χ2n) is 3.13. The van der Waals surface area contributed by atoms with Crippen LogP contribution in [0.5, 0.6) is 0 Å². The average molecular weight is 221 g/mol. The van der Waals surface area contributed by atoms with Crippen LogP contribution in [-0.2, 0) is 6.42 Å². The van der Waals surface area contributed by atoms with Gasteiger partial charge in [0.1, 0.15) is 6.33 Å². The number of imidazole rings is 1. The minimum atomic E-state index is -0.0411. The predicted molar refractivity (Wildman–Crippen MR) is 58.0 cm³/mol. The Hall–Kier alpha value is -1.61. The van der Waals surface area contributed by atoms with E-state index in [-0.39, 0.29) is 12.3 Å². The molecule has 0 spiro atoms. The number of nitrogens with zero attached hydrogens (tertiary/aromatic N) is 2. The fraction of sp³-hybridized carbons (Fsp3) is 0.0909. The fourth-order valence-corrected chi connectivity index (χ4v) is 1.51. The smallest absolute Gasteiger partial charge is 0.236 e. The van der Waals surface area contributed by atoms with Gasteiger partial charge in [-0.15, -0.1) is 0 Å². The van der Waals surface area contributed by atoms with E-state index in [1.54, 1.807) is 18.5 Å². The summed E-state index contributed by atoms with van der Waals surface area (Å²) in [5.74, 6) is -0.0411. The number of hydrogen-bond donors (Lipinski definition) is 0. The van der Waals surface area contributed by atoms with Gasteiger partial charge in [0.15, 0.2) is 0 Å². The molecule has 1 aromatic carbocycles. The third kappa shape index (κ3) is 2.25. The molecular weight excluding hydrogens is 212 g/mol. The van der Waals surface area contributed by atoms with Gasteiger partial charge in [0.2, 0.25) is 5.91 Å². The third-order valence-electron chi connectivity index (χ3n) is 2.09. The second kappa shape index (κ2) is 4.28. The number of carbonyl (C=O) groups excluding carboxylic acids is 1. The van der Waals surface area contributed by atoms with E-state index in [1.807, 2.05) is 18.2 Å². The molecule has 0 N–H and O–H groups in total. The van der Waals surface area contributed by atoms with Crippen molar-refractivity contribution in [1.82, 2.24) is 9.55 Å². The minimum absolute atomic E-state index is 0.0411. The molecule has 1 heterocycles. The van der Waals surface area contributed by atoms with E-state index in [9.17, 15) is 4.79 Å². The van der Waals surface area contributed by atoms with Gasteiger partial charge in [0, 0.05) is 17.4 Å². The molecule has 0 unspecified atom stereocenters. The molecule has 0 aliphatic heterocycles. The van der Waals surface area contributed by atoms with E-state index in [2.05, 4.69) is 4.98 Å². The van der Waals surface area contributed by atoms with Crippen molar-refractivity contribution in [2.24, 2.45) is 0 Å². The summed E-state index contributed by atoms with van der Waals surface area (Å²) in [7, 11) is 0. The Morgan fingerprint density at radius 1 is 1.40 bits per heavy atom. The lowest BCUT2D eigenvalue weighted by Crippen LogP contribution is -2.11. The quantitative estimate of drug-likeness (QED) is 0.779. The Labute approximate surface area is 92.3 Å². The summed E-state index contributed by atoms with van der Waals surface area (Å²) in [6.07, 6.45) is 4.97. The molecule has 2 aromatic rings. The van der Waals surface area contributed by atoms with Crippen LogP contribution in [0.15, 0.2) is 43.0 Å². The third-order valence-corrected chi connectivity index (χ3v) is 2.46. The molecule has 3 nitrogen and oxygen atoms in total. The van der Waals surface area contributed by atoms with Crippen LogP contribution in [0.4, 0.5) is 0 Å². The second-order valence-corrected chi connectivity index (χ2v) is 3.54. The highest BCUT2D eigenvalue weighted by Gasteiger charge is 2.07. The number of carbonyl (C=O) groups is 1. The molecule has 0 amide bonds. The summed E-state index contributed by atoms with van der Waals surface area (Å²) < 4.78 is 1.45. The average Bonchev–Trinajstić information content (AvgIpc) is 2.74. The zero-order chi connectivity index (χ0) is 10.7. The van der Waals surface area contributed by atoms with Crippen molar-refractivity contribution in [2.45, 2.75) is 6.42 Å². The molecule has 0 atom stereocenters. The SMILES string of the molecule is O=C(Cc1ccccc1Cl)n1ccnc1. The summed E-state index contributed by atoms with van der Waals surface area (Å²) in [5, 5.41) is 0.617. The number of aromatic nitrogens is 2. The van der Waals surface area contributed by atoms with Gasteiger partial charge in [-0.25, -0.2) is 4.98 Å². The highest BCUT2D eigenvalue weighted by Crippen LogP contribution is 2.15. The molecule has 2 rings (SSSR count). The normalized spacial score (nSPS) is 10.2. The Bertz CT molecular complexity index is 465. The molecule has 0 bridgehead atoms. The lowest BCUT2D eigenvalue weighted by molar-refractivity contribution is 0.0914. The summed E-state index contributed by atoms with van der Waals surface area (Å²) in [6.45, 7) is 0. The maximum Gasteiger partial charge on any atom is 0.236 e. The number of hydrogen-bond acceptors (Lipinski definition) is 2. The molecule has 0 saturated heterocycles. The van der Waals surface area contributed by atoms with Crippen LogP contribution in [0.2, 0.25) is 5.02 Å². The summed E-state index contributed by atoms with van der Waals surface area (Å²) >= 11 is 5.95. The fourth-order valence-electron chi connectivity index (χ4n) is 1.30. The van der Waals surface area contributed by atoms with Crippen molar-refractivity contribution >= 4 is 17.5 Å².